The first kappa shape index (κ1) is 42.2. The largest absolute Gasteiger partial charge is 0.469 e. The van der Waals surface area contributed by atoms with Crippen LogP contribution in [0.5, 0.6) is 5.88 Å². The molecule has 3 N–H and O–H groups in total. The molecule has 59 heavy (non-hydrogen) atoms. The van der Waals surface area contributed by atoms with E-state index in [0.717, 1.165) is 33.3 Å². The van der Waals surface area contributed by atoms with Crippen LogP contribution in [-0.2, 0) is 13.2 Å². The third kappa shape index (κ3) is 11.1. The van der Waals surface area contributed by atoms with E-state index in [1.165, 1.54) is 6.20 Å². The van der Waals surface area contributed by atoms with Crippen LogP contribution in [0, 0.1) is 0 Å². The van der Waals surface area contributed by atoms with E-state index in [0.29, 0.717) is 57.1 Å². The first-order valence-corrected chi connectivity index (χ1v) is 19.2. The van der Waals surface area contributed by atoms with Gasteiger partial charge in [0.25, 0.3) is 5.88 Å². The van der Waals surface area contributed by atoms with Crippen LogP contribution in [0.2, 0.25) is 15.2 Å². The fraction of sp³-hybridized carbons (Fsp3) is 0.143. The number of ether oxygens (including phenoxy) is 1. The van der Waals surface area contributed by atoms with Crippen molar-refractivity contribution in [2.24, 2.45) is 0 Å². The first-order valence-electron chi connectivity index (χ1n) is 18.0. The maximum Gasteiger partial charge on any atom is 0.278 e. The second kappa shape index (κ2) is 20.3. The van der Waals surface area contributed by atoms with Crippen LogP contribution < -0.4 is 15.4 Å². The SMILES string of the molecule is CCC(=O)c1cc(CO)ccn1.CCC(=O)c1cc(COc2nnc(Nc3ccc(Cl)cc3)c3ccoc23)ccn1.Clc1ccc(Nc2nnc(Cl)c3occc23)cc1. The minimum atomic E-state index is -0.0491. The third-order valence-electron chi connectivity index (χ3n) is 8.34. The van der Waals surface area contributed by atoms with E-state index >= 15 is 0 Å². The third-order valence-corrected chi connectivity index (χ3v) is 9.09. The average molecular weight is 854 g/mol. The van der Waals surface area contributed by atoms with Crippen molar-refractivity contribution in [3.63, 3.8) is 0 Å². The van der Waals surface area contributed by atoms with E-state index < -0.39 is 0 Å². The van der Waals surface area contributed by atoms with Gasteiger partial charge in [-0.3, -0.25) is 19.6 Å². The number of hydrogen-bond acceptors (Lipinski definition) is 14. The van der Waals surface area contributed by atoms with Crippen molar-refractivity contribution in [1.29, 1.82) is 0 Å². The summed E-state index contributed by atoms with van der Waals surface area (Å²) in [5.74, 6) is 1.39. The number of aliphatic hydroxyl groups is 1. The van der Waals surface area contributed by atoms with Gasteiger partial charge in [-0.2, -0.15) is 0 Å². The zero-order valence-electron chi connectivity index (χ0n) is 31.5. The Morgan fingerprint density at radius 1 is 0.644 bits per heavy atom. The number of pyridine rings is 2. The van der Waals surface area contributed by atoms with E-state index in [9.17, 15) is 9.59 Å². The number of rotatable bonds is 12. The number of hydrogen-bond donors (Lipinski definition) is 3. The number of carbonyl (C=O) groups excluding carboxylic acids is 2. The quantitative estimate of drug-likeness (QED) is 0.0983. The number of ketones is 2. The highest BCUT2D eigenvalue weighted by atomic mass is 35.5. The summed E-state index contributed by atoms with van der Waals surface area (Å²) < 4.78 is 16.6. The fourth-order valence-electron chi connectivity index (χ4n) is 5.28. The zero-order chi connectivity index (χ0) is 41.7. The van der Waals surface area contributed by atoms with Crippen LogP contribution in [0.25, 0.3) is 21.9 Å². The normalized spacial score (nSPS) is 10.6. The number of furan rings is 2. The van der Waals surface area contributed by atoms with Gasteiger partial charge in [0.1, 0.15) is 18.0 Å². The van der Waals surface area contributed by atoms with Gasteiger partial charge in [-0.15, -0.1) is 20.4 Å². The molecule has 2 aromatic carbocycles. The van der Waals surface area contributed by atoms with Gasteiger partial charge >= 0.3 is 0 Å². The molecule has 0 radical (unpaired) electrons. The van der Waals surface area contributed by atoms with Crippen molar-refractivity contribution in [2.45, 2.75) is 39.9 Å². The van der Waals surface area contributed by atoms with Gasteiger partial charge in [0.05, 0.1) is 29.9 Å². The molecule has 6 aromatic heterocycles. The molecular weight excluding hydrogens is 819 g/mol. The minimum Gasteiger partial charge on any atom is -0.469 e. The highest BCUT2D eigenvalue weighted by Gasteiger charge is 2.15. The van der Waals surface area contributed by atoms with Crippen molar-refractivity contribution in [3.8, 4) is 5.88 Å². The molecule has 8 aromatic rings. The van der Waals surface area contributed by atoms with Crippen LogP contribution in [0.1, 0.15) is 58.8 Å². The number of Topliss-reactive ketones (excluding diaryl/α,β-unsaturated/α-hetero) is 2. The monoisotopic (exact) mass is 852 g/mol. The van der Waals surface area contributed by atoms with Crippen molar-refractivity contribution in [3.05, 3.63) is 148 Å². The molecule has 0 amide bonds. The topological polar surface area (TPSA) is 191 Å². The molecule has 0 saturated carbocycles. The predicted molar refractivity (Wildman–Crippen MR) is 226 cm³/mol. The lowest BCUT2D eigenvalue weighted by molar-refractivity contribution is 0.0975. The maximum absolute atomic E-state index is 11.8. The Morgan fingerprint density at radius 2 is 1.14 bits per heavy atom. The number of benzene rings is 2. The molecule has 0 saturated heterocycles. The highest BCUT2D eigenvalue weighted by molar-refractivity contribution is 6.33. The molecule has 0 aliphatic rings. The summed E-state index contributed by atoms with van der Waals surface area (Å²) in [7, 11) is 0. The summed E-state index contributed by atoms with van der Waals surface area (Å²) in [5.41, 5.74) is 5.07. The van der Waals surface area contributed by atoms with Crippen LogP contribution in [0.15, 0.2) is 119 Å². The Bertz CT molecular complexity index is 2670. The van der Waals surface area contributed by atoms with Gasteiger partial charge in [0, 0.05) is 46.7 Å². The lowest BCUT2D eigenvalue weighted by Gasteiger charge is -2.09. The van der Waals surface area contributed by atoms with Gasteiger partial charge < -0.3 is 29.3 Å². The summed E-state index contributed by atoms with van der Waals surface area (Å²) in [6.07, 6.45) is 7.08. The summed E-state index contributed by atoms with van der Waals surface area (Å²) in [6.45, 7) is 3.75. The number of carbonyl (C=O) groups is 2. The molecule has 6 heterocycles. The van der Waals surface area contributed by atoms with E-state index in [1.807, 2.05) is 24.3 Å². The van der Waals surface area contributed by atoms with E-state index in [2.05, 4.69) is 41.0 Å². The summed E-state index contributed by atoms with van der Waals surface area (Å²) in [4.78, 5) is 31.0. The van der Waals surface area contributed by atoms with Gasteiger partial charge in [0.2, 0.25) is 5.58 Å². The van der Waals surface area contributed by atoms with Crippen molar-refractivity contribution < 1.29 is 28.3 Å². The Hall–Kier alpha value is -6.45. The molecule has 0 bridgehead atoms. The molecular formula is C42H35Cl3N8O6. The van der Waals surface area contributed by atoms with Crippen LogP contribution in [0.4, 0.5) is 23.0 Å². The lowest BCUT2D eigenvalue weighted by Crippen LogP contribution is -2.04. The number of anilines is 4. The Morgan fingerprint density at radius 3 is 1.68 bits per heavy atom. The van der Waals surface area contributed by atoms with Crippen LogP contribution in [0.3, 0.4) is 0 Å². The molecule has 17 heteroatoms. The second-order valence-corrected chi connectivity index (χ2v) is 13.6. The number of aliphatic hydroxyl groups excluding tert-OH is 1. The molecule has 0 spiro atoms. The molecule has 0 unspecified atom stereocenters. The van der Waals surface area contributed by atoms with E-state index in [1.54, 1.807) is 93.2 Å². The number of fused-ring (bicyclic) bond motifs is 2. The maximum atomic E-state index is 11.8. The van der Waals surface area contributed by atoms with Gasteiger partial charge in [0.15, 0.2) is 33.9 Å². The highest BCUT2D eigenvalue weighted by Crippen LogP contribution is 2.32. The number of nitrogens with zero attached hydrogens (tertiary/aromatic N) is 6. The first-order chi connectivity index (χ1) is 28.6. The molecule has 0 fully saturated rings. The van der Waals surface area contributed by atoms with Gasteiger partial charge in [-0.05, 0) is 96.1 Å². The summed E-state index contributed by atoms with van der Waals surface area (Å²) in [5, 5.41) is 34.4. The van der Waals surface area contributed by atoms with Crippen LogP contribution >= 0.6 is 34.8 Å². The zero-order valence-corrected chi connectivity index (χ0v) is 33.8. The van der Waals surface area contributed by atoms with E-state index in [4.69, 9.17) is 53.5 Å². The average Bonchev–Trinajstić information content (AvgIpc) is 3.99. The van der Waals surface area contributed by atoms with Crippen molar-refractivity contribution >= 4 is 91.3 Å². The Balaban J connectivity index is 0.000000165. The van der Waals surface area contributed by atoms with Crippen LogP contribution in [-0.4, -0.2) is 47.0 Å². The number of halogens is 3. The summed E-state index contributed by atoms with van der Waals surface area (Å²) in [6, 6.07) is 24.9. The summed E-state index contributed by atoms with van der Waals surface area (Å²) >= 11 is 17.6. The molecule has 300 valence electrons. The standard InChI is InChI=1S/C21H17ClN4O3.C12H7Cl2N3O.C9H11NO2/c1-2-18(27)17-11-13(7-9-23-17)12-29-21-19-16(8-10-28-19)20(25-26-21)24-15-5-3-14(22)4-6-15;13-7-1-3-8(4-2-7)15-12-9-5-6-18-10(9)11(14)16-17-12;1-2-9(12)8-5-7(6-11)3-4-10-8/h3-11H,2,12H2,1H3,(H,24,25);1-6H,(H,15,17);3-5,11H,2,6H2,1H3. The number of aromatic nitrogens is 6. The predicted octanol–water partition coefficient (Wildman–Crippen LogP) is 10.6. The molecule has 0 aliphatic heterocycles. The van der Waals surface area contributed by atoms with Gasteiger partial charge in [-0.25, -0.2) is 0 Å². The molecule has 0 aliphatic carbocycles. The van der Waals surface area contributed by atoms with Gasteiger partial charge in [-0.1, -0.05) is 48.7 Å². The van der Waals surface area contributed by atoms with Crippen molar-refractivity contribution in [2.75, 3.05) is 10.6 Å². The van der Waals surface area contributed by atoms with E-state index in [-0.39, 0.29) is 35.8 Å². The molecule has 14 nitrogen and oxygen atoms in total. The molecule has 8 rings (SSSR count). The lowest BCUT2D eigenvalue weighted by atomic mass is 10.1. The second-order valence-electron chi connectivity index (χ2n) is 12.4. The smallest absolute Gasteiger partial charge is 0.278 e. The van der Waals surface area contributed by atoms with Crippen molar-refractivity contribution in [1.82, 2.24) is 30.4 Å². The molecule has 0 atom stereocenters. The Labute approximate surface area is 352 Å². The Kier molecular flexibility index (Phi) is 14.5. The minimum absolute atomic E-state index is 0.00491. The fourth-order valence-corrected chi connectivity index (χ4v) is 5.72. The number of nitrogens with one attached hydrogen (secondary N) is 2.